The van der Waals surface area contributed by atoms with Gasteiger partial charge in [0.15, 0.2) is 0 Å². The van der Waals surface area contributed by atoms with Crippen LogP contribution in [0.5, 0.6) is 0 Å². The number of hydrogen-bond donors (Lipinski definition) is 0. The number of rotatable bonds is 6. The van der Waals surface area contributed by atoms with Gasteiger partial charge in [0.25, 0.3) is 0 Å². The summed E-state index contributed by atoms with van der Waals surface area (Å²) in [6, 6.07) is 90.4. The van der Waals surface area contributed by atoms with Gasteiger partial charge in [-0.25, -0.2) is 0 Å². The SMILES string of the molecule is c1ccc(-c2ccc3c(c2)c2cc(-c4ccccc4)ccc2n3-c2ccc(N(c3cc4c5c(c3)-c3ccccc3C5c3ccccc3-4)c3cc4c5ccccc5n5c6ccccc6c(c3)c45)cc2)cc1. The Bertz CT molecular complexity index is 4210. The Hall–Kier alpha value is -9.18. The van der Waals surface area contributed by atoms with Gasteiger partial charge in [-0.15, -0.1) is 0 Å². The average molecular weight is 888 g/mol. The Morgan fingerprint density at radius 3 is 1.31 bits per heavy atom. The molecule has 2 aliphatic carbocycles. The summed E-state index contributed by atoms with van der Waals surface area (Å²) in [6.07, 6.45) is 0. The zero-order valence-corrected chi connectivity index (χ0v) is 38.0. The maximum absolute atomic E-state index is 2.52. The van der Waals surface area contributed by atoms with Gasteiger partial charge in [0.05, 0.1) is 27.6 Å². The summed E-state index contributed by atoms with van der Waals surface area (Å²) in [7, 11) is 0. The molecule has 0 radical (unpaired) electrons. The summed E-state index contributed by atoms with van der Waals surface area (Å²) in [5.74, 6) is 0.248. The molecule has 0 saturated heterocycles. The zero-order valence-electron chi connectivity index (χ0n) is 38.0. The minimum Gasteiger partial charge on any atom is -0.310 e. The number of anilines is 3. The predicted octanol–water partition coefficient (Wildman–Crippen LogP) is 17.9. The molecule has 3 heterocycles. The summed E-state index contributed by atoms with van der Waals surface area (Å²) in [4.78, 5) is 2.52. The molecule has 0 atom stereocenters. The lowest BCUT2D eigenvalue weighted by Gasteiger charge is -2.27. The van der Waals surface area contributed by atoms with Crippen LogP contribution in [0.2, 0.25) is 0 Å². The molecule has 11 aromatic carbocycles. The van der Waals surface area contributed by atoms with Crippen molar-refractivity contribution in [1.82, 2.24) is 8.97 Å². The van der Waals surface area contributed by atoms with Gasteiger partial charge in [-0.3, -0.25) is 0 Å². The van der Waals surface area contributed by atoms with Crippen LogP contribution < -0.4 is 4.90 Å². The third kappa shape index (κ3) is 5.18. The van der Waals surface area contributed by atoms with Crippen LogP contribution in [0.25, 0.3) is 110 Å². The summed E-state index contributed by atoms with van der Waals surface area (Å²) < 4.78 is 4.92. The molecule has 70 heavy (non-hydrogen) atoms. The lowest BCUT2D eigenvalue weighted by Crippen LogP contribution is -2.11. The van der Waals surface area contributed by atoms with Crippen molar-refractivity contribution in [3.8, 4) is 50.2 Å². The minimum absolute atomic E-state index is 0.248. The summed E-state index contributed by atoms with van der Waals surface area (Å²) in [5, 5.41) is 7.53. The van der Waals surface area contributed by atoms with Crippen LogP contribution in [-0.2, 0) is 0 Å². The Morgan fingerprint density at radius 1 is 0.300 bits per heavy atom. The van der Waals surface area contributed by atoms with Crippen molar-refractivity contribution in [3.05, 3.63) is 259 Å². The molecule has 16 rings (SSSR count). The van der Waals surface area contributed by atoms with Gasteiger partial charge < -0.3 is 13.9 Å². The lowest BCUT2D eigenvalue weighted by molar-refractivity contribution is 1.05. The summed E-state index contributed by atoms with van der Waals surface area (Å²) in [6.45, 7) is 0. The number of fused-ring (bicyclic) bond motifs is 15. The first-order chi connectivity index (χ1) is 34.7. The van der Waals surface area contributed by atoms with Crippen molar-refractivity contribution in [1.29, 1.82) is 0 Å². The van der Waals surface area contributed by atoms with Crippen molar-refractivity contribution in [3.63, 3.8) is 0 Å². The fourth-order valence-corrected chi connectivity index (χ4v) is 12.7. The molecule has 0 unspecified atom stereocenters. The van der Waals surface area contributed by atoms with Crippen molar-refractivity contribution in [2.24, 2.45) is 0 Å². The van der Waals surface area contributed by atoms with E-state index in [4.69, 9.17) is 0 Å². The maximum atomic E-state index is 2.52. The Balaban J connectivity index is 0.934. The third-order valence-corrected chi connectivity index (χ3v) is 15.6. The van der Waals surface area contributed by atoms with Crippen LogP contribution in [-0.4, -0.2) is 8.97 Å². The Kier molecular flexibility index (Phi) is 7.67. The number of nitrogens with zero attached hydrogens (tertiary/aromatic N) is 3. The van der Waals surface area contributed by atoms with E-state index in [-0.39, 0.29) is 5.92 Å². The normalized spacial score (nSPS) is 12.8. The van der Waals surface area contributed by atoms with E-state index in [0.29, 0.717) is 0 Å². The van der Waals surface area contributed by atoms with Gasteiger partial charge in [-0.1, -0.05) is 158 Å². The maximum Gasteiger partial charge on any atom is 0.0622 e. The van der Waals surface area contributed by atoms with E-state index in [2.05, 4.69) is 257 Å². The predicted molar refractivity (Wildman–Crippen MR) is 293 cm³/mol. The molecule has 0 fully saturated rings. The third-order valence-electron chi connectivity index (χ3n) is 15.6. The smallest absolute Gasteiger partial charge is 0.0622 e. The van der Waals surface area contributed by atoms with E-state index < -0.39 is 0 Å². The van der Waals surface area contributed by atoms with Crippen LogP contribution in [0, 0.1) is 0 Å². The molecule has 3 aromatic heterocycles. The second-order valence-electron chi connectivity index (χ2n) is 19.2. The fraction of sp³-hybridized carbons (Fsp3) is 0.0149. The van der Waals surface area contributed by atoms with Crippen LogP contribution in [0.4, 0.5) is 17.1 Å². The molecule has 0 N–H and O–H groups in total. The second kappa shape index (κ2) is 14.2. The largest absolute Gasteiger partial charge is 0.310 e. The van der Waals surface area contributed by atoms with Gasteiger partial charge >= 0.3 is 0 Å². The van der Waals surface area contributed by atoms with E-state index >= 15 is 0 Å². The molecule has 324 valence electrons. The summed E-state index contributed by atoms with van der Waals surface area (Å²) >= 11 is 0. The van der Waals surface area contributed by atoms with E-state index in [9.17, 15) is 0 Å². The molecule has 14 aromatic rings. The first kappa shape index (κ1) is 37.9. The number of para-hydroxylation sites is 2. The molecule has 3 heteroatoms. The van der Waals surface area contributed by atoms with Crippen molar-refractivity contribution < 1.29 is 0 Å². The molecular formula is C67H41N3. The lowest BCUT2D eigenvalue weighted by atomic mass is 9.93. The van der Waals surface area contributed by atoms with Gasteiger partial charge in [0.2, 0.25) is 0 Å². The molecular weight excluding hydrogens is 847 g/mol. The fourth-order valence-electron chi connectivity index (χ4n) is 12.7. The van der Waals surface area contributed by atoms with E-state index in [1.165, 1.54) is 121 Å². The molecule has 2 aliphatic rings. The van der Waals surface area contributed by atoms with Gasteiger partial charge in [-0.2, -0.15) is 0 Å². The highest BCUT2D eigenvalue weighted by atomic mass is 15.1. The van der Waals surface area contributed by atoms with Gasteiger partial charge in [0, 0.05) is 61.0 Å². The molecule has 3 nitrogen and oxygen atoms in total. The first-order valence-electron chi connectivity index (χ1n) is 24.4. The molecule has 0 amide bonds. The Morgan fingerprint density at radius 2 is 0.771 bits per heavy atom. The highest BCUT2D eigenvalue weighted by Gasteiger charge is 2.39. The monoisotopic (exact) mass is 887 g/mol. The van der Waals surface area contributed by atoms with Crippen molar-refractivity contribution in [2.45, 2.75) is 5.92 Å². The Labute approximate surface area is 404 Å². The van der Waals surface area contributed by atoms with Crippen molar-refractivity contribution >= 4 is 77.0 Å². The second-order valence-corrected chi connectivity index (χ2v) is 19.2. The van der Waals surface area contributed by atoms with Crippen molar-refractivity contribution in [2.75, 3.05) is 4.90 Å². The standard InChI is InChI=1S/C67H41N3/c1-3-15-41(16-4-1)43-27-33-63-55(35-43)56-36-44(42-17-5-2-6-18-42)28-34-64(56)69(63)46-31-29-45(30-32-46)68(47-37-57-49-19-7-9-23-53(49)65-54-24-10-8-20-50(54)58(38-47)66(57)65)48-39-59-51-21-11-13-25-61(51)70-62-26-14-12-22-52(62)60(40-48)67(59)70/h1-40,65H. The van der Waals surface area contributed by atoms with Crippen LogP contribution in [0.3, 0.4) is 0 Å². The number of benzene rings is 11. The van der Waals surface area contributed by atoms with Gasteiger partial charge in [-0.05, 0) is 146 Å². The van der Waals surface area contributed by atoms with Crippen LogP contribution >= 0.6 is 0 Å². The number of aromatic nitrogens is 2. The molecule has 0 saturated carbocycles. The highest BCUT2D eigenvalue weighted by molar-refractivity contribution is 6.24. The average Bonchev–Trinajstić information content (AvgIpc) is 4.22. The molecule has 0 aliphatic heterocycles. The van der Waals surface area contributed by atoms with Crippen LogP contribution in [0.15, 0.2) is 243 Å². The van der Waals surface area contributed by atoms with Crippen LogP contribution in [0.1, 0.15) is 22.6 Å². The van der Waals surface area contributed by atoms with E-state index in [1.807, 2.05) is 0 Å². The molecule has 0 spiro atoms. The van der Waals surface area contributed by atoms with Gasteiger partial charge in [0.1, 0.15) is 0 Å². The minimum atomic E-state index is 0.248. The van der Waals surface area contributed by atoms with E-state index in [1.54, 1.807) is 0 Å². The summed E-state index contributed by atoms with van der Waals surface area (Å²) in [5.41, 5.74) is 25.0. The first-order valence-corrected chi connectivity index (χ1v) is 24.4. The molecule has 0 bridgehead atoms. The quantitative estimate of drug-likeness (QED) is 0.162. The van der Waals surface area contributed by atoms with E-state index in [0.717, 1.165) is 22.7 Å². The topological polar surface area (TPSA) is 12.6 Å². The zero-order chi connectivity index (χ0) is 45.6. The highest BCUT2D eigenvalue weighted by Crippen LogP contribution is 2.59. The number of hydrogen-bond acceptors (Lipinski definition) is 1.